The van der Waals surface area contributed by atoms with E-state index in [2.05, 4.69) is 22.3 Å². The fourth-order valence-electron chi connectivity index (χ4n) is 1.99. The largest absolute Gasteiger partial charge is 0.508 e. The van der Waals surface area contributed by atoms with E-state index in [1.807, 2.05) is 19.2 Å². The number of hydrogen-bond donors (Lipinski definition) is 2. The Bertz CT molecular complexity index is 506. The molecule has 5 nitrogen and oxygen atoms in total. The molecule has 2 rings (SSSR count). The van der Waals surface area contributed by atoms with Gasteiger partial charge in [0.25, 0.3) is 0 Å². The first kappa shape index (κ1) is 13.5. The van der Waals surface area contributed by atoms with Crippen LogP contribution in [0.3, 0.4) is 0 Å². The summed E-state index contributed by atoms with van der Waals surface area (Å²) in [6.45, 7) is 3.02. The number of aryl methyl sites for hydroxylation is 1. The molecule has 0 fully saturated rings. The van der Waals surface area contributed by atoms with Crippen molar-refractivity contribution in [3.05, 3.63) is 42.0 Å². The molecule has 19 heavy (non-hydrogen) atoms. The molecule has 1 unspecified atom stereocenters. The van der Waals surface area contributed by atoms with E-state index < -0.39 is 0 Å². The van der Waals surface area contributed by atoms with Crippen molar-refractivity contribution in [1.82, 2.24) is 20.1 Å². The Hall–Kier alpha value is -1.88. The summed E-state index contributed by atoms with van der Waals surface area (Å²) >= 11 is 0. The zero-order chi connectivity index (χ0) is 13.7. The predicted octanol–water partition coefficient (Wildman–Crippen LogP) is 1.28. The second kappa shape index (κ2) is 6.33. The Morgan fingerprint density at radius 2 is 2.05 bits per heavy atom. The van der Waals surface area contributed by atoms with Crippen molar-refractivity contribution in [2.24, 2.45) is 7.05 Å². The Morgan fingerprint density at radius 1 is 1.32 bits per heavy atom. The molecule has 0 saturated carbocycles. The standard InChI is InChI=1S/C14H20N4O/c1-11(9-12-3-5-13(19)6-4-12)15-8-7-14-16-10-18(2)17-14/h3-6,10-11,15,19H,7-9H2,1-2H3. The van der Waals surface area contributed by atoms with E-state index >= 15 is 0 Å². The van der Waals surface area contributed by atoms with Gasteiger partial charge < -0.3 is 10.4 Å². The van der Waals surface area contributed by atoms with Crippen LogP contribution in [0.25, 0.3) is 0 Å². The average molecular weight is 260 g/mol. The molecule has 2 N–H and O–H groups in total. The van der Waals surface area contributed by atoms with E-state index in [1.165, 1.54) is 5.56 Å². The highest BCUT2D eigenvalue weighted by atomic mass is 16.3. The van der Waals surface area contributed by atoms with Crippen molar-refractivity contribution in [2.75, 3.05) is 6.54 Å². The molecule has 0 aliphatic heterocycles. The molecular weight excluding hydrogens is 240 g/mol. The number of aromatic nitrogens is 3. The second-order valence-corrected chi connectivity index (χ2v) is 4.81. The zero-order valence-electron chi connectivity index (χ0n) is 11.4. The van der Waals surface area contributed by atoms with E-state index in [1.54, 1.807) is 23.1 Å². The van der Waals surface area contributed by atoms with Gasteiger partial charge in [0, 0.05) is 26.1 Å². The molecule has 0 aliphatic rings. The highest BCUT2D eigenvalue weighted by Crippen LogP contribution is 2.11. The van der Waals surface area contributed by atoms with Crippen LogP contribution in [0.15, 0.2) is 30.6 Å². The summed E-state index contributed by atoms with van der Waals surface area (Å²) in [6, 6.07) is 7.73. The van der Waals surface area contributed by atoms with Crippen LogP contribution in [0, 0.1) is 0 Å². The maximum atomic E-state index is 9.23. The number of hydrogen-bond acceptors (Lipinski definition) is 4. The first-order valence-electron chi connectivity index (χ1n) is 6.49. The van der Waals surface area contributed by atoms with E-state index in [4.69, 9.17) is 0 Å². The molecule has 0 spiro atoms. The maximum absolute atomic E-state index is 9.23. The first-order valence-corrected chi connectivity index (χ1v) is 6.49. The van der Waals surface area contributed by atoms with Crippen LogP contribution in [-0.4, -0.2) is 32.5 Å². The Balaban J connectivity index is 1.72. The van der Waals surface area contributed by atoms with Crippen LogP contribution in [0.4, 0.5) is 0 Å². The van der Waals surface area contributed by atoms with Gasteiger partial charge in [-0.3, -0.25) is 4.68 Å². The summed E-state index contributed by atoms with van der Waals surface area (Å²) in [7, 11) is 1.87. The van der Waals surface area contributed by atoms with Crippen molar-refractivity contribution < 1.29 is 5.11 Å². The SMILES string of the molecule is CC(Cc1ccc(O)cc1)NCCc1ncn(C)n1. The van der Waals surface area contributed by atoms with E-state index in [9.17, 15) is 5.11 Å². The highest BCUT2D eigenvalue weighted by molar-refractivity contribution is 5.26. The molecule has 1 heterocycles. The molecule has 102 valence electrons. The minimum Gasteiger partial charge on any atom is -0.508 e. The number of nitrogens with one attached hydrogen (secondary N) is 1. The number of phenols is 1. The number of benzene rings is 1. The lowest BCUT2D eigenvalue weighted by Crippen LogP contribution is -2.30. The lowest BCUT2D eigenvalue weighted by Gasteiger charge is -2.13. The number of rotatable bonds is 6. The van der Waals surface area contributed by atoms with Crippen LogP contribution in [0.2, 0.25) is 0 Å². The normalized spacial score (nSPS) is 12.5. The quantitative estimate of drug-likeness (QED) is 0.821. The summed E-state index contributed by atoms with van der Waals surface area (Å²) in [5.74, 6) is 1.18. The molecule has 0 bridgehead atoms. The van der Waals surface area contributed by atoms with E-state index in [0.717, 1.165) is 25.2 Å². The minimum absolute atomic E-state index is 0.311. The Morgan fingerprint density at radius 3 is 2.68 bits per heavy atom. The Labute approximate surface area is 113 Å². The summed E-state index contributed by atoms with van der Waals surface area (Å²) in [5.41, 5.74) is 1.22. The number of phenolic OH excluding ortho intramolecular Hbond substituents is 1. The number of nitrogens with zero attached hydrogens (tertiary/aromatic N) is 3. The molecule has 0 radical (unpaired) electrons. The van der Waals surface area contributed by atoms with Gasteiger partial charge in [-0.25, -0.2) is 4.98 Å². The van der Waals surface area contributed by atoms with Crippen molar-refractivity contribution in [3.63, 3.8) is 0 Å². The summed E-state index contributed by atoms with van der Waals surface area (Å²) in [5, 5.41) is 16.9. The van der Waals surface area contributed by atoms with Crippen molar-refractivity contribution in [2.45, 2.75) is 25.8 Å². The van der Waals surface area contributed by atoms with Gasteiger partial charge in [0.1, 0.15) is 12.1 Å². The van der Waals surface area contributed by atoms with E-state index in [0.29, 0.717) is 11.8 Å². The molecule has 2 aromatic rings. The molecular formula is C14H20N4O. The van der Waals surface area contributed by atoms with Gasteiger partial charge in [0.2, 0.25) is 0 Å². The van der Waals surface area contributed by atoms with Crippen LogP contribution in [0.5, 0.6) is 5.75 Å². The second-order valence-electron chi connectivity index (χ2n) is 4.81. The number of aromatic hydroxyl groups is 1. The van der Waals surface area contributed by atoms with Crippen molar-refractivity contribution in [1.29, 1.82) is 0 Å². The van der Waals surface area contributed by atoms with Gasteiger partial charge in [-0.15, -0.1) is 0 Å². The summed E-state index contributed by atoms with van der Waals surface area (Å²) in [6.07, 6.45) is 3.49. The minimum atomic E-state index is 0.311. The zero-order valence-corrected chi connectivity index (χ0v) is 11.4. The summed E-state index contributed by atoms with van der Waals surface area (Å²) in [4.78, 5) is 4.19. The molecule has 1 aromatic heterocycles. The maximum Gasteiger partial charge on any atom is 0.151 e. The highest BCUT2D eigenvalue weighted by Gasteiger charge is 2.04. The van der Waals surface area contributed by atoms with Gasteiger partial charge in [0.05, 0.1) is 0 Å². The molecule has 1 atom stereocenters. The van der Waals surface area contributed by atoms with Crippen LogP contribution in [0.1, 0.15) is 18.3 Å². The van der Waals surface area contributed by atoms with E-state index in [-0.39, 0.29) is 0 Å². The lowest BCUT2D eigenvalue weighted by molar-refractivity contribution is 0.474. The fraction of sp³-hybridized carbons (Fsp3) is 0.429. The topological polar surface area (TPSA) is 63.0 Å². The van der Waals surface area contributed by atoms with Gasteiger partial charge in [-0.1, -0.05) is 12.1 Å². The molecule has 0 saturated heterocycles. The molecule has 0 aliphatic carbocycles. The van der Waals surface area contributed by atoms with Crippen LogP contribution < -0.4 is 5.32 Å². The van der Waals surface area contributed by atoms with Crippen molar-refractivity contribution in [3.8, 4) is 5.75 Å². The van der Waals surface area contributed by atoms with Crippen molar-refractivity contribution >= 4 is 0 Å². The lowest BCUT2D eigenvalue weighted by atomic mass is 10.1. The summed E-state index contributed by atoms with van der Waals surface area (Å²) < 4.78 is 1.72. The third-order valence-corrected chi connectivity index (χ3v) is 2.97. The smallest absolute Gasteiger partial charge is 0.151 e. The monoisotopic (exact) mass is 260 g/mol. The fourth-order valence-corrected chi connectivity index (χ4v) is 1.99. The molecule has 5 heteroatoms. The van der Waals surface area contributed by atoms with Gasteiger partial charge >= 0.3 is 0 Å². The first-order chi connectivity index (χ1) is 9.13. The third-order valence-electron chi connectivity index (χ3n) is 2.97. The van der Waals surface area contributed by atoms with Gasteiger partial charge in [0.15, 0.2) is 5.82 Å². The van der Waals surface area contributed by atoms with Crippen LogP contribution in [-0.2, 0) is 19.9 Å². The molecule has 0 amide bonds. The third kappa shape index (κ3) is 4.37. The average Bonchev–Trinajstić information content (AvgIpc) is 2.78. The van der Waals surface area contributed by atoms with Gasteiger partial charge in [-0.2, -0.15) is 5.10 Å². The van der Waals surface area contributed by atoms with Gasteiger partial charge in [-0.05, 0) is 31.0 Å². The predicted molar refractivity (Wildman–Crippen MR) is 74.0 cm³/mol. The van der Waals surface area contributed by atoms with Crippen LogP contribution >= 0.6 is 0 Å². The Kier molecular flexibility index (Phi) is 4.52. The molecule has 1 aromatic carbocycles.